The molecule has 0 aliphatic heterocycles. The van der Waals surface area contributed by atoms with Crippen LogP contribution in [0.25, 0.3) is 0 Å². The van der Waals surface area contributed by atoms with E-state index in [4.69, 9.17) is 0 Å². The van der Waals surface area contributed by atoms with E-state index in [2.05, 4.69) is 33.0 Å². The predicted molar refractivity (Wildman–Crippen MR) is 45.1 cm³/mol. The Morgan fingerprint density at radius 3 is 1.90 bits per heavy atom. The van der Waals surface area contributed by atoms with Crippen molar-refractivity contribution in [1.82, 2.24) is 5.32 Å². The van der Waals surface area contributed by atoms with E-state index in [-0.39, 0.29) is 0 Å². The van der Waals surface area contributed by atoms with Crippen LogP contribution in [0.4, 0.5) is 0 Å². The van der Waals surface area contributed by atoms with Crippen molar-refractivity contribution >= 4 is 0 Å². The summed E-state index contributed by atoms with van der Waals surface area (Å²) in [4.78, 5) is 0. The molecule has 1 aliphatic rings. The van der Waals surface area contributed by atoms with Crippen LogP contribution < -0.4 is 5.32 Å². The summed E-state index contributed by atoms with van der Waals surface area (Å²) >= 11 is 0. The summed E-state index contributed by atoms with van der Waals surface area (Å²) in [7, 11) is 0. The lowest BCUT2D eigenvalue weighted by Gasteiger charge is -2.31. The molecule has 1 N–H and O–H groups in total. The van der Waals surface area contributed by atoms with Crippen LogP contribution in [0.2, 0.25) is 0 Å². The second-order valence-electron chi connectivity index (χ2n) is 4.36. The minimum Gasteiger partial charge on any atom is -0.311 e. The molecule has 1 nitrogen and oxygen atoms in total. The number of nitrogens with one attached hydrogen (secondary N) is 1. The van der Waals surface area contributed by atoms with Crippen molar-refractivity contribution in [3.63, 3.8) is 0 Å². The monoisotopic (exact) mass is 141 g/mol. The van der Waals surface area contributed by atoms with E-state index < -0.39 is 0 Å². The molecule has 1 saturated carbocycles. The molecular weight excluding hydrogens is 122 g/mol. The maximum atomic E-state index is 3.57. The average Bonchev–Trinajstić information content (AvgIpc) is 2.45. The lowest BCUT2D eigenvalue weighted by Crippen LogP contribution is -2.42. The molecule has 0 atom stereocenters. The summed E-state index contributed by atoms with van der Waals surface area (Å²) in [6.45, 7) is 10.3. The first-order chi connectivity index (χ1) is 4.52. The Morgan fingerprint density at radius 2 is 1.80 bits per heavy atom. The van der Waals surface area contributed by atoms with Gasteiger partial charge in [0.05, 0.1) is 0 Å². The predicted octanol–water partition coefficient (Wildman–Crippen LogP) is 2.17. The minimum absolute atomic E-state index is 0.447. The van der Waals surface area contributed by atoms with Gasteiger partial charge in [-0.25, -0.2) is 0 Å². The number of hydrogen-bond acceptors (Lipinski definition) is 1. The van der Waals surface area contributed by atoms with Gasteiger partial charge in [0.15, 0.2) is 0 Å². The van der Waals surface area contributed by atoms with Crippen LogP contribution in [0.15, 0.2) is 0 Å². The summed E-state index contributed by atoms with van der Waals surface area (Å²) in [6.07, 6.45) is 2.73. The number of rotatable bonds is 2. The van der Waals surface area contributed by atoms with Gasteiger partial charge in [0, 0.05) is 5.54 Å². The van der Waals surface area contributed by atoms with Gasteiger partial charge >= 0.3 is 0 Å². The Balaban J connectivity index is 2.52. The van der Waals surface area contributed by atoms with E-state index in [0.29, 0.717) is 11.0 Å². The molecule has 60 valence electrons. The second-order valence-corrected chi connectivity index (χ2v) is 4.36. The Kier molecular flexibility index (Phi) is 1.80. The molecule has 0 aromatic heterocycles. The number of hydrogen-bond donors (Lipinski definition) is 1. The zero-order valence-corrected chi connectivity index (χ0v) is 7.62. The summed E-state index contributed by atoms with van der Waals surface area (Å²) in [5, 5.41) is 3.57. The van der Waals surface area contributed by atoms with Gasteiger partial charge in [-0.05, 0) is 24.8 Å². The Bertz CT molecular complexity index is 117. The molecule has 0 aromatic carbocycles. The van der Waals surface area contributed by atoms with Crippen LogP contribution in [-0.2, 0) is 0 Å². The third-order valence-corrected chi connectivity index (χ3v) is 2.70. The van der Waals surface area contributed by atoms with E-state index in [1.54, 1.807) is 0 Å². The lowest BCUT2D eigenvalue weighted by atomic mass is 9.84. The zero-order chi connectivity index (χ0) is 7.83. The van der Waals surface area contributed by atoms with Gasteiger partial charge in [-0.1, -0.05) is 27.7 Å². The molecule has 1 heteroatoms. The maximum Gasteiger partial charge on any atom is 0.0231 e. The highest BCUT2D eigenvalue weighted by molar-refractivity contribution is 5.09. The topological polar surface area (TPSA) is 12.0 Å². The molecule has 0 bridgehead atoms. The van der Waals surface area contributed by atoms with E-state index >= 15 is 0 Å². The highest BCUT2D eigenvalue weighted by Gasteiger charge is 2.50. The van der Waals surface area contributed by atoms with E-state index in [1.807, 2.05) is 0 Å². The normalized spacial score (nSPS) is 22.8. The third kappa shape index (κ3) is 1.20. The van der Waals surface area contributed by atoms with Crippen molar-refractivity contribution in [3.05, 3.63) is 0 Å². The fourth-order valence-electron chi connectivity index (χ4n) is 1.66. The van der Waals surface area contributed by atoms with E-state index in [9.17, 15) is 0 Å². The molecule has 10 heavy (non-hydrogen) atoms. The minimum atomic E-state index is 0.447. The summed E-state index contributed by atoms with van der Waals surface area (Å²) in [5.74, 6) is 0. The van der Waals surface area contributed by atoms with Crippen LogP contribution >= 0.6 is 0 Å². The zero-order valence-electron chi connectivity index (χ0n) is 7.62. The Hall–Kier alpha value is -0.0400. The first kappa shape index (κ1) is 8.06. The van der Waals surface area contributed by atoms with Crippen molar-refractivity contribution < 1.29 is 0 Å². The standard InChI is InChI=1S/C9H19N/c1-5-10-9(6-7-9)8(2,3)4/h10H,5-7H2,1-4H3. The van der Waals surface area contributed by atoms with Gasteiger partial charge in [-0.3, -0.25) is 0 Å². The SMILES string of the molecule is CCNC1(C(C)(C)C)CC1. The quantitative estimate of drug-likeness (QED) is 0.621. The van der Waals surface area contributed by atoms with E-state index in [0.717, 1.165) is 6.54 Å². The summed E-state index contributed by atoms with van der Waals surface area (Å²) < 4.78 is 0. The Morgan fingerprint density at radius 1 is 1.30 bits per heavy atom. The van der Waals surface area contributed by atoms with Gasteiger partial charge in [-0.2, -0.15) is 0 Å². The average molecular weight is 141 g/mol. The van der Waals surface area contributed by atoms with Crippen LogP contribution in [0.5, 0.6) is 0 Å². The second kappa shape index (κ2) is 2.23. The largest absolute Gasteiger partial charge is 0.311 e. The molecule has 0 spiro atoms. The van der Waals surface area contributed by atoms with Crippen LogP contribution in [0.1, 0.15) is 40.5 Å². The highest BCUT2D eigenvalue weighted by Crippen LogP contribution is 2.49. The molecule has 0 unspecified atom stereocenters. The van der Waals surface area contributed by atoms with Crippen molar-refractivity contribution in [2.24, 2.45) is 5.41 Å². The van der Waals surface area contributed by atoms with Crippen LogP contribution in [0.3, 0.4) is 0 Å². The first-order valence-electron chi connectivity index (χ1n) is 4.27. The first-order valence-corrected chi connectivity index (χ1v) is 4.27. The maximum absolute atomic E-state index is 3.57. The smallest absolute Gasteiger partial charge is 0.0231 e. The molecule has 1 aliphatic carbocycles. The van der Waals surface area contributed by atoms with Gasteiger partial charge < -0.3 is 5.32 Å². The molecular formula is C9H19N. The molecule has 1 rings (SSSR count). The Labute approximate surface area is 64.2 Å². The van der Waals surface area contributed by atoms with Gasteiger partial charge in [0.2, 0.25) is 0 Å². The molecule has 0 aromatic rings. The van der Waals surface area contributed by atoms with Gasteiger partial charge in [0.1, 0.15) is 0 Å². The van der Waals surface area contributed by atoms with Crippen LogP contribution in [0, 0.1) is 5.41 Å². The molecule has 0 radical (unpaired) electrons. The van der Waals surface area contributed by atoms with Gasteiger partial charge in [-0.15, -0.1) is 0 Å². The lowest BCUT2D eigenvalue weighted by molar-refractivity contribution is 0.250. The highest BCUT2D eigenvalue weighted by atomic mass is 15.0. The van der Waals surface area contributed by atoms with Crippen LogP contribution in [-0.4, -0.2) is 12.1 Å². The summed E-state index contributed by atoms with van der Waals surface area (Å²) in [5.41, 5.74) is 0.935. The summed E-state index contributed by atoms with van der Waals surface area (Å²) in [6, 6.07) is 0. The fourth-order valence-corrected chi connectivity index (χ4v) is 1.66. The molecule has 0 heterocycles. The van der Waals surface area contributed by atoms with Crippen molar-refractivity contribution in [1.29, 1.82) is 0 Å². The van der Waals surface area contributed by atoms with Crippen molar-refractivity contribution in [3.8, 4) is 0 Å². The fraction of sp³-hybridized carbons (Fsp3) is 1.00. The third-order valence-electron chi connectivity index (χ3n) is 2.70. The van der Waals surface area contributed by atoms with E-state index in [1.165, 1.54) is 12.8 Å². The molecule has 1 fully saturated rings. The van der Waals surface area contributed by atoms with Crippen molar-refractivity contribution in [2.75, 3.05) is 6.54 Å². The van der Waals surface area contributed by atoms with Crippen molar-refractivity contribution in [2.45, 2.75) is 46.1 Å². The molecule has 0 amide bonds. The van der Waals surface area contributed by atoms with Gasteiger partial charge in [0.25, 0.3) is 0 Å². The molecule has 0 saturated heterocycles.